The van der Waals surface area contributed by atoms with Crippen LogP contribution in [0.2, 0.25) is 0 Å². The Morgan fingerprint density at radius 1 is 1.13 bits per heavy atom. The van der Waals surface area contributed by atoms with Crippen molar-refractivity contribution in [2.24, 2.45) is 4.99 Å². The molecule has 2 aromatic carbocycles. The molecular formula is C23H32FIN4O2. The number of aliphatic imine (C=N–C) groups is 1. The topological polar surface area (TPSA) is 58.1 Å². The Balaban J connectivity index is 0.00000341. The van der Waals surface area contributed by atoms with Gasteiger partial charge in [-0.1, -0.05) is 30.3 Å². The molecule has 0 aromatic heterocycles. The molecule has 0 amide bonds. The smallest absolute Gasteiger partial charge is 0.191 e. The molecule has 0 bridgehead atoms. The van der Waals surface area contributed by atoms with Crippen LogP contribution in [0.1, 0.15) is 18.1 Å². The maximum atomic E-state index is 13.3. The van der Waals surface area contributed by atoms with Crippen molar-refractivity contribution in [3.8, 4) is 5.75 Å². The summed E-state index contributed by atoms with van der Waals surface area (Å²) >= 11 is 0. The van der Waals surface area contributed by atoms with Crippen molar-refractivity contribution < 1.29 is 13.9 Å². The molecule has 1 heterocycles. The van der Waals surface area contributed by atoms with Gasteiger partial charge in [-0.05, 0) is 30.2 Å². The minimum atomic E-state index is -0.305. The lowest BCUT2D eigenvalue weighted by molar-refractivity contribution is 0.0341. The molecule has 0 spiro atoms. The second kappa shape index (κ2) is 13.5. The molecule has 8 heteroatoms. The standard InChI is InChI=1S/C23H31FN4O2.HI/c1-18(30-22-9-5-8-21(24)14-22)15-26-23(25-2)27-16-19-6-3-4-7-20(19)17-28-10-12-29-13-11-28;/h3-9,14,18H,10-13,15-17H2,1-2H3,(H2,25,26,27);1H. The van der Waals surface area contributed by atoms with E-state index in [0.717, 1.165) is 32.8 Å². The van der Waals surface area contributed by atoms with Crippen LogP contribution in [0.25, 0.3) is 0 Å². The first-order valence-corrected chi connectivity index (χ1v) is 10.4. The number of ether oxygens (including phenoxy) is 2. The Hall–Kier alpha value is -1.91. The number of morpholine rings is 1. The molecule has 170 valence electrons. The lowest BCUT2D eigenvalue weighted by Gasteiger charge is -2.27. The van der Waals surface area contributed by atoms with Crippen molar-refractivity contribution >= 4 is 29.9 Å². The van der Waals surface area contributed by atoms with E-state index in [0.29, 0.717) is 24.8 Å². The highest BCUT2D eigenvalue weighted by Crippen LogP contribution is 2.14. The summed E-state index contributed by atoms with van der Waals surface area (Å²) in [7, 11) is 1.74. The second-order valence-electron chi connectivity index (χ2n) is 7.35. The fourth-order valence-electron chi connectivity index (χ4n) is 3.34. The molecule has 1 aliphatic heterocycles. The lowest BCUT2D eigenvalue weighted by Crippen LogP contribution is -2.41. The zero-order valence-electron chi connectivity index (χ0n) is 18.1. The van der Waals surface area contributed by atoms with Crippen molar-refractivity contribution in [3.63, 3.8) is 0 Å². The Morgan fingerprint density at radius 2 is 1.87 bits per heavy atom. The number of halogens is 2. The highest BCUT2D eigenvalue weighted by Gasteiger charge is 2.13. The van der Waals surface area contributed by atoms with Gasteiger partial charge in [-0.15, -0.1) is 24.0 Å². The van der Waals surface area contributed by atoms with E-state index in [1.807, 2.05) is 6.92 Å². The van der Waals surface area contributed by atoms with Gasteiger partial charge in [0.25, 0.3) is 0 Å². The van der Waals surface area contributed by atoms with Crippen LogP contribution < -0.4 is 15.4 Å². The third kappa shape index (κ3) is 8.62. The molecule has 0 saturated carbocycles. The number of benzene rings is 2. The number of guanidine groups is 1. The average Bonchev–Trinajstić information content (AvgIpc) is 2.75. The van der Waals surface area contributed by atoms with Crippen LogP contribution in [0.3, 0.4) is 0 Å². The van der Waals surface area contributed by atoms with E-state index in [1.165, 1.54) is 23.3 Å². The van der Waals surface area contributed by atoms with E-state index < -0.39 is 0 Å². The molecule has 6 nitrogen and oxygen atoms in total. The summed E-state index contributed by atoms with van der Waals surface area (Å²) in [6, 6.07) is 14.6. The van der Waals surface area contributed by atoms with Crippen LogP contribution >= 0.6 is 24.0 Å². The number of nitrogens with zero attached hydrogens (tertiary/aromatic N) is 2. The molecule has 1 saturated heterocycles. The van der Waals surface area contributed by atoms with Crippen molar-refractivity contribution in [1.82, 2.24) is 15.5 Å². The van der Waals surface area contributed by atoms with E-state index in [1.54, 1.807) is 19.2 Å². The lowest BCUT2D eigenvalue weighted by atomic mass is 10.1. The van der Waals surface area contributed by atoms with Gasteiger partial charge in [0.1, 0.15) is 17.7 Å². The zero-order chi connectivity index (χ0) is 21.2. The quantitative estimate of drug-likeness (QED) is 0.304. The third-order valence-electron chi connectivity index (χ3n) is 4.98. The van der Waals surface area contributed by atoms with Crippen LogP contribution in [-0.2, 0) is 17.8 Å². The third-order valence-corrected chi connectivity index (χ3v) is 4.98. The molecule has 3 rings (SSSR count). The van der Waals surface area contributed by atoms with E-state index in [-0.39, 0.29) is 35.9 Å². The van der Waals surface area contributed by atoms with Crippen molar-refractivity contribution in [1.29, 1.82) is 0 Å². The first-order chi connectivity index (χ1) is 14.6. The first-order valence-electron chi connectivity index (χ1n) is 10.4. The van der Waals surface area contributed by atoms with Crippen LogP contribution in [0.15, 0.2) is 53.5 Å². The predicted octanol–water partition coefficient (Wildman–Crippen LogP) is 3.41. The molecule has 1 aliphatic rings. The zero-order valence-corrected chi connectivity index (χ0v) is 20.5. The summed E-state index contributed by atoms with van der Waals surface area (Å²) < 4.78 is 24.5. The molecule has 1 fully saturated rings. The van der Waals surface area contributed by atoms with Gasteiger partial charge in [0, 0.05) is 39.3 Å². The van der Waals surface area contributed by atoms with Crippen LogP contribution in [0, 0.1) is 5.82 Å². The molecule has 0 radical (unpaired) electrons. The molecule has 2 N–H and O–H groups in total. The summed E-state index contributed by atoms with van der Waals surface area (Å²) in [6.45, 7) is 7.61. The number of nitrogens with one attached hydrogen (secondary N) is 2. The summed E-state index contributed by atoms with van der Waals surface area (Å²) in [5, 5.41) is 6.64. The van der Waals surface area contributed by atoms with E-state index in [2.05, 4.69) is 44.8 Å². The van der Waals surface area contributed by atoms with Gasteiger partial charge in [0.2, 0.25) is 0 Å². The Morgan fingerprint density at radius 3 is 2.58 bits per heavy atom. The van der Waals surface area contributed by atoms with Gasteiger partial charge < -0.3 is 20.1 Å². The molecular weight excluding hydrogens is 510 g/mol. The van der Waals surface area contributed by atoms with Gasteiger partial charge in [-0.2, -0.15) is 0 Å². The van der Waals surface area contributed by atoms with Gasteiger partial charge in [0.05, 0.1) is 19.8 Å². The first kappa shape index (κ1) is 25.4. The molecule has 31 heavy (non-hydrogen) atoms. The highest BCUT2D eigenvalue weighted by atomic mass is 127. The molecule has 1 atom stereocenters. The largest absolute Gasteiger partial charge is 0.489 e. The number of hydrogen-bond acceptors (Lipinski definition) is 4. The fourth-order valence-corrected chi connectivity index (χ4v) is 3.34. The minimum Gasteiger partial charge on any atom is -0.489 e. The molecule has 1 unspecified atom stereocenters. The highest BCUT2D eigenvalue weighted by molar-refractivity contribution is 14.0. The Kier molecular flexibility index (Phi) is 11.0. The van der Waals surface area contributed by atoms with Gasteiger partial charge >= 0.3 is 0 Å². The summed E-state index contributed by atoms with van der Waals surface area (Å²) in [4.78, 5) is 6.71. The van der Waals surface area contributed by atoms with Crippen molar-refractivity contribution in [3.05, 3.63) is 65.5 Å². The van der Waals surface area contributed by atoms with E-state index >= 15 is 0 Å². The second-order valence-corrected chi connectivity index (χ2v) is 7.35. The van der Waals surface area contributed by atoms with Crippen molar-refractivity contribution in [2.75, 3.05) is 39.9 Å². The van der Waals surface area contributed by atoms with Gasteiger partial charge in [0.15, 0.2) is 5.96 Å². The van der Waals surface area contributed by atoms with Gasteiger partial charge in [-0.25, -0.2) is 4.39 Å². The maximum Gasteiger partial charge on any atom is 0.191 e. The Labute approximate surface area is 201 Å². The van der Waals surface area contributed by atoms with Gasteiger partial charge in [-0.3, -0.25) is 9.89 Å². The van der Waals surface area contributed by atoms with Crippen LogP contribution in [-0.4, -0.2) is 56.9 Å². The normalized spacial score (nSPS) is 15.6. The summed E-state index contributed by atoms with van der Waals surface area (Å²) in [6.07, 6.45) is -0.140. The molecule has 0 aliphatic carbocycles. The number of rotatable bonds is 8. The number of hydrogen-bond donors (Lipinski definition) is 2. The summed E-state index contributed by atoms with van der Waals surface area (Å²) in [5.41, 5.74) is 2.56. The van der Waals surface area contributed by atoms with Crippen LogP contribution in [0.4, 0.5) is 4.39 Å². The minimum absolute atomic E-state index is 0. The predicted molar refractivity (Wildman–Crippen MR) is 133 cm³/mol. The summed E-state index contributed by atoms with van der Waals surface area (Å²) in [5.74, 6) is 0.913. The molecule has 2 aromatic rings. The average molecular weight is 542 g/mol. The fraction of sp³-hybridized carbons (Fsp3) is 0.435. The SMILES string of the molecule is CN=C(NCc1ccccc1CN1CCOCC1)NCC(C)Oc1cccc(F)c1.I. The van der Waals surface area contributed by atoms with Crippen LogP contribution in [0.5, 0.6) is 5.75 Å². The van der Waals surface area contributed by atoms with E-state index in [4.69, 9.17) is 9.47 Å². The Bertz CT molecular complexity index is 831. The van der Waals surface area contributed by atoms with E-state index in [9.17, 15) is 4.39 Å². The maximum absolute atomic E-state index is 13.3. The van der Waals surface area contributed by atoms with Crippen molar-refractivity contribution in [2.45, 2.75) is 26.1 Å². The monoisotopic (exact) mass is 542 g/mol.